The molecule has 1 heterocycles. The zero-order chi connectivity index (χ0) is 12.4. The van der Waals surface area contributed by atoms with Gasteiger partial charge in [-0.15, -0.1) is 0 Å². The molecule has 1 fully saturated rings. The minimum Gasteiger partial charge on any atom is -0.365 e. The van der Waals surface area contributed by atoms with Crippen molar-refractivity contribution in [3.63, 3.8) is 0 Å². The number of benzene rings is 1. The summed E-state index contributed by atoms with van der Waals surface area (Å²) in [4.78, 5) is 4.77. The first-order chi connectivity index (χ1) is 8.11. The molecule has 0 aromatic heterocycles. The lowest BCUT2D eigenvalue weighted by molar-refractivity contribution is 0.275. The predicted octanol–water partition coefficient (Wildman–Crippen LogP) is 3.38. The van der Waals surface area contributed by atoms with Crippen LogP contribution in [0.5, 0.6) is 0 Å². The molecule has 0 bridgehead atoms. The fourth-order valence-corrected chi connectivity index (χ4v) is 3.02. The van der Waals surface area contributed by atoms with Crippen LogP contribution in [0.2, 0.25) is 5.02 Å². The van der Waals surface area contributed by atoms with Crippen molar-refractivity contribution >= 4 is 33.2 Å². The minimum absolute atomic E-state index is 0.515. The monoisotopic (exact) mass is 316 g/mol. The van der Waals surface area contributed by atoms with Gasteiger partial charge in [-0.05, 0) is 31.7 Å². The summed E-state index contributed by atoms with van der Waals surface area (Å²) >= 11 is 9.82. The average Bonchev–Trinajstić information content (AvgIpc) is 2.30. The molecule has 0 aliphatic carbocycles. The third-order valence-corrected chi connectivity index (χ3v) is 4.26. The van der Waals surface area contributed by atoms with Crippen LogP contribution in [0, 0.1) is 0 Å². The average molecular weight is 318 g/mol. The normalized spacial score (nSPS) is 21.9. The molecule has 1 aromatic carbocycles. The number of alkyl halides is 1. The van der Waals surface area contributed by atoms with Gasteiger partial charge in [0.25, 0.3) is 0 Å². The number of likely N-dealkylation sites (N-methyl/N-ethyl adjacent to an activating group) is 1. The van der Waals surface area contributed by atoms with Crippen LogP contribution in [-0.4, -0.2) is 37.6 Å². The van der Waals surface area contributed by atoms with Crippen molar-refractivity contribution in [2.45, 2.75) is 18.3 Å². The lowest BCUT2D eigenvalue weighted by Crippen LogP contribution is -2.50. The SMILES string of the molecule is CC1CN(C)CCN1c1ccc(CBr)cc1Cl. The summed E-state index contributed by atoms with van der Waals surface area (Å²) in [5.41, 5.74) is 2.39. The summed E-state index contributed by atoms with van der Waals surface area (Å²) in [5, 5.41) is 1.71. The molecule has 4 heteroatoms. The third-order valence-electron chi connectivity index (χ3n) is 3.31. The van der Waals surface area contributed by atoms with Gasteiger partial charge in [-0.1, -0.05) is 33.6 Å². The van der Waals surface area contributed by atoms with E-state index >= 15 is 0 Å². The Morgan fingerprint density at radius 2 is 2.18 bits per heavy atom. The Hall–Kier alpha value is -0.250. The number of halogens is 2. The maximum absolute atomic E-state index is 6.37. The van der Waals surface area contributed by atoms with Crippen molar-refractivity contribution in [3.05, 3.63) is 28.8 Å². The molecule has 94 valence electrons. The molecular formula is C13H18BrClN2. The highest BCUT2D eigenvalue weighted by molar-refractivity contribution is 9.08. The van der Waals surface area contributed by atoms with E-state index in [4.69, 9.17) is 11.6 Å². The molecule has 1 atom stereocenters. The Bertz CT molecular complexity index is 397. The molecule has 1 unspecified atom stereocenters. The number of nitrogens with zero attached hydrogens (tertiary/aromatic N) is 2. The summed E-state index contributed by atoms with van der Waals surface area (Å²) in [6.07, 6.45) is 0. The maximum Gasteiger partial charge on any atom is 0.0642 e. The molecule has 1 aliphatic rings. The van der Waals surface area contributed by atoms with Gasteiger partial charge in [0.1, 0.15) is 0 Å². The topological polar surface area (TPSA) is 6.48 Å². The lowest BCUT2D eigenvalue weighted by Gasteiger charge is -2.40. The second kappa shape index (κ2) is 5.59. The first-order valence-corrected chi connectivity index (χ1v) is 7.41. The van der Waals surface area contributed by atoms with Gasteiger partial charge in [-0.3, -0.25) is 0 Å². The molecular weight excluding hydrogens is 300 g/mol. The van der Waals surface area contributed by atoms with Crippen LogP contribution in [0.3, 0.4) is 0 Å². The highest BCUT2D eigenvalue weighted by atomic mass is 79.9. The first-order valence-electron chi connectivity index (χ1n) is 5.91. The molecule has 0 saturated carbocycles. The predicted molar refractivity (Wildman–Crippen MR) is 78.4 cm³/mol. The molecule has 2 nitrogen and oxygen atoms in total. The van der Waals surface area contributed by atoms with Gasteiger partial charge in [-0.2, -0.15) is 0 Å². The number of hydrogen-bond acceptors (Lipinski definition) is 2. The molecule has 0 spiro atoms. The fraction of sp³-hybridized carbons (Fsp3) is 0.538. The number of hydrogen-bond donors (Lipinski definition) is 0. The Morgan fingerprint density at radius 1 is 1.41 bits per heavy atom. The van der Waals surface area contributed by atoms with Crippen molar-refractivity contribution in [1.29, 1.82) is 0 Å². The van der Waals surface area contributed by atoms with E-state index in [0.717, 1.165) is 35.7 Å². The first kappa shape index (κ1) is 13.2. The molecule has 0 radical (unpaired) electrons. The molecule has 0 N–H and O–H groups in total. The van der Waals surface area contributed by atoms with E-state index in [0.29, 0.717) is 6.04 Å². The summed E-state index contributed by atoms with van der Waals surface area (Å²) in [6.45, 7) is 5.49. The second-order valence-electron chi connectivity index (χ2n) is 4.72. The molecule has 1 aliphatic heterocycles. The highest BCUT2D eigenvalue weighted by Gasteiger charge is 2.23. The van der Waals surface area contributed by atoms with Crippen molar-refractivity contribution in [2.24, 2.45) is 0 Å². The van der Waals surface area contributed by atoms with Crippen LogP contribution in [-0.2, 0) is 5.33 Å². The Morgan fingerprint density at radius 3 is 2.76 bits per heavy atom. The molecule has 2 rings (SSSR count). The largest absolute Gasteiger partial charge is 0.365 e. The van der Waals surface area contributed by atoms with Crippen LogP contribution in [0.1, 0.15) is 12.5 Å². The molecule has 17 heavy (non-hydrogen) atoms. The van der Waals surface area contributed by atoms with Gasteiger partial charge in [0.15, 0.2) is 0 Å². The van der Waals surface area contributed by atoms with E-state index in [9.17, 15) is 0 Å². The van der Waals surface area contributed by atoms with Gasteiger partial charge in [0.2, 0.25) is 0 Å². The summed E-state index contributed by atoms with van der Waals surface area (Å²) < 4.78 is 0. The van der Waals surface area contributed by atoms with Crippen LogP contribution in [0.4, 0.5) is 5.69 Å². The summed E-state index contributed by atoms with van der Waals surface area (Å²) in [6, 6.07) is 6.85. The number of piperazine rings is 1. The van der Waals surface area contributed by atoms with Crippen molar-refractivity contribution < 1.29 is 0 Å². The van der Waals surface area contributed by atoms with Crippen LogP contribution < -0.4 is 4.90 Å². The van der Waals surface area contributed by atoms with Crippen molar-refractivity contribution in [3.8, 4) is 0 Å². The van der Waals surface area contributed by atoms with Gasteiger partial charge in [0, 0.05) is 31.0 Å². The van der Waals surface area contributed by atoms with Crippen molar-refractivity contribution in [1.82, 2.24) is 4.90 Å². The zero-order valence-corrected chi connectivity index (χ0v) is 12.6. The van der Waals surface area contributed by atoms with E-state index < -0.39 is 0 Å². The quantitative estimate of drug-likeness (QED) is 0.772. The van der Waals surface area contributed by atoms with Gasteiger partial charge in [-0.25, -0.2) is 0 Å². The standard InChI is InChI=1S/C13H18BrClN2/c1-10-9-16(2)5-6-17(10)13-4-3-11(8-14)7-12(13)15/h3-4,7,10H,5-6,8-9H2,1-2H3. The van der Waals surface area contributed by atoms with Crippen LogP contribution in [0.15, 0.2) is 18.2 Å². The maximum atomic E-state index is 6.37. The third kappa shape index (κ3) is 2.95. The van der Waals surface area contributed by atoms with E-state index in [2.05, 4.69) is 57.9 Å². The van der Waals surface area contributed by atoms with E-state index in [-0.39, 0.29) is 0 Å². The minimum atomic E-state index is 0.515. The summed E-state index contributed by atoms with van der Waals surface area (Å²) in [5.74, 6) is 0. The number of rotatable bonds is 2. The molecule has 0 amide bonds. The Balaban J connectivity index is 2.22. The number of anilines is 1. The second-order valence-corrected chi connectivity index (χ2v) is 5.69. The van der Waals surface area contributed by atoms with Gasteiger partial charge < -0.3 is 9.80 Å². The lowest BCUT2D eigenvalue weighted by atomic mass is 10.1. The highest BCUT2D eigenvalue weighted by Crippen LogP contribution is 2.30. The zero-order valence-electron chi connectivity index (χ0n) is 10.3. The van der Waals surface area contributed by atoms with Crippen molar-refractivity contribution in [2.75, 3.05) is 31.6 Å². The Labute approximate surface area is 117 Å². The van der Waals surface area contributed by atoms with Crippen LogP contribution in [0.25, 0.3) is 0 Å². The molecule has 1 aromatic rings. The summed E-state index contributed by atoms with van der Waals surface area (Å²) in [7, 11) is 2.17. The van der Waals surface area contributed by atoms with Gasteiger partial charge >= 0.3 is 0 Å². The van der Waals surface area contributed by atoms with Crippen LogP contribution >= 0.6 is 27.5 Å². The van der Waals surface area contributed by atoms with Gasteiger partial charge in [0.05, 0.1) is 10.7 Å². The van der Waals surface area contributed by atoms with E-state index in [1.807, 2.05) is 0 Å². The smallest absolute Gasteiger partial charge is 0.0642 e. The fourth-order valence-electron chi connectivity index (χ4n) is 2.36. The molecule has 1 saturated heterocycles. The van der Waals surface area contributed by atoms with E-state index in [1.165, 1.54) is 5.56 Å². The van der Waals surface area contributed by atoms with E-state index in [1.54, 1.807) is 0 Å². The Kier molecular flexibility index (Phi) is 4.34.